The molecule has 6 heteroatoms. The summed E-state index contributed by atoms with van der Waals surface area (Å²) in [5.41, 5.74) is 0. The number of thioether (sulfide) groups is 1. The molecule has 0 saturated heterocycles. The molecule has 1 heterocycles. The first-order valence-electron chi connectivity index (χ1n) is 4.94. The van der Waals surface area contributed by atoms with Crippen LogP contribution in [0.5, 0.6) is 0 Å². The molecular weight excluding hydrogens is 306 g/mol. The van der Waals surface area contributed by atoms with Gasteiger partial charge >= 0.3 is 0 Å². The Morgan fingerprint density at radius 2 is 2.31 bits per heavy atom. The van der Waals surface area contributed by atoms with E-state index >= 15 is 0 Å². The summed E-state index contributed by atoms with van der Waals surface area (Å²) in [5.74, 6) is 1.95. The number of rotatable bonds is 5. The average Bonchev–Trinajstić information content (AvgIpc) is 2.69. The molecule has 1 aromatic heterocycles. The molecule has 0 atom stereocenters. The molecule has 0 aliphatic rings. The van der Waals surface area contributed by atoms with Crippen LogP contribution in [0, 0.1) is 0 Å². The lowest BCUT2D eigenvalue weighted by Crippen LogP contribution is -2.37. The van der Waals surface area contributed by atoms with Gasteiger partial charge in [-0.3, -0.25) is 4.99 Å². The third-order valence-electron chi connectivity index (χ3n) is 1.88. The van der Waals surface area contributed by atoms with E-state index in [1.165, 1.54) is 4.88 Å². The zero-order valence-corrected chi connectivity index (χ0v) is 12.6. The predicted molar refractivity (Wildman–Crippen MR) is 78.6 cm³/mol. The smallest absolute Gasteiger partial charge is 0.191 e. The Hall–Kier alpha value is -0.200. The van der Waals surface area contributed by atoms with E-state index in [0.29, 0.717) is 0 Å². The maximum atomic E-state index is 4.16. The van der Waals surface area contributed by atoms with E-state index in [2.05, 4.69) is 49.9 Å². The lowest BCUT2D eigenvalue weighted by Gasteiger charge is -2.10. The van der Waals surface area contributed by atoms with Crippen molar-refractivity contribution in [2.75, 3.05) is 25.6 Å². The number of aliphatic imine (C=N–C) groups is 1. The quantitative estimate of drug-likeness (QED) is 0.497. The molecule has 16 heavy (non-hydrogen) atoms. The number of hydrogen-bond acceptors (Lipinski definition) is 3. The minimum Gasteiger partial charge on any atom is -0.356 e. The summed E-state index contributed by atoms with van der Waals surface area (Å²) in [6.07, 6.45) is 2.10. The van der Waals surface area contributed by atoms with Gasteiger partial charge in [0.2, 0.25) is 0 Å². The number of guanidine groups is 1. The third-order valence-corrected chi connectivity index (χ3v) is 4.12. The van der Waals surface area contributed by atoms with E-state index in [1.54, 1.807) is 18.4 Å². The topological polar surface area (TPSA) is 36.4 Å². The molecule has 0 radical (unpaired) electrons. The number of thiophene rings is 1. The highest BCUT2D eigenvalue weighted by Gasteiger charge is 1.99. The molecule has 3 nitrogen and oxygen atoms in total. The van der Waals surface area contributed by atoms with Crippen molar-refractivity contribution >= 4 is 45.0 Å². The minimum atomic E-state index is 0.815. The Bertz CT molecular complexity index is 339. The van der Waals surface area contributed by atoms with Gasteiger partial charge in [0.15, 0.2) is 5.96 Å². The number of nitrogens with one attached hydrogen (secondary N) is 2. The molecule has 2 N–H and O–H groups in total. The lowest BCUT2D eigenvalue weighted by atomic mass is 10.5. The molecule has 1 aromatic rings. The molecule has 1 rings (SSSR count). The molecule has 0 aliphatic carbocycles. The Labute approximate surface area is 113 Å². The van der Waals surface area contributed by atoms with Crippen molar-refractivity contribution < 1.29 is 0 Å². The molecular formula is C10H16BrN3S2. The van der Waals surface area contributed by atoms with Gasteiger partial charge in [-0.05, 0) is 34.3 Å². The number of hydrogen-bond donors (Lipinski definition) is 2. The van der Waals surface area contributed by atoms with Crippen molar-refractivity contribution in [2.24, 2.45) is 4.99 Å². The molecule has 0 unspecified atom stereocenters. The van der Waals surface area contributed by atoms with E-state index in [1.807, 2.05) is 11.8 Å². The lowest BCUT2D eigenvalue weighted by molar-refractivity contribution is 0.842. The summed E-state index contributed by atoms with van der Waals surface area (Å²) in [7, 11) is 1.79. The fraction of sp³-hybridized carbons (Fsp3) is 0.500. The zero-order valence-electron chi connectivity index (χ0n) is 9.42. The molecule has 0 amide bonds. The molecule has 90 valence electrons. The van der Waals surface area contributed by atoms with E-state index in [9.17, 15) is 0 Å². The highest BCUT2D eigenvalue weighted by molar-refractivity contribution is 9.11. The van der Waals surface area contributed by atoms with Gasteiger partial charge in [0.1, 0.15) is 0 Å². The molecule has 0 bridgehead atoms. The molecule has 0 fully saturated rings. The summed E-state index contributed by atoms with van der Waals surface area (Å²) in [4.78, 5) is 5.45. The number of halogens is 1. The first kappa shape index (κ1) is 13.9. The van der Waals surface area contributed by atoms with Crippen LogP contribution in [-0.4, -0.2) is 31.6 Å². The summed E-state index contributed by atoms with van der Waals surface area (Å²) in [6.45, 7) is 1.75. The fourth-order valence-electron chi connectivity index (χ4n) is 1.11. The molecule has 0 aliphatic heterocycles. The van der Waals surface area contributed by atoms with E-state index in [-0.39, 0.29) is 0 Å². The fourth-order valence-corrected chi connectivity index (χ4v) is 2.84. The Balaban J connectivity index is 2.29. The monoisotopic (exact) mass is 321 g/mol. The van der Waals surface area contributed by atoms with Crippen molar-refractivity contribution in [3.05, 3.63) is 20.8 Å². The normalized spacial score (nSPS) is 11.6. The van der Waals surface area contributed by atoms with E-state index < -0.39 is 0 Å². The maximum Gasteiger partial charge on any atom is 0.191 e. The first-order chi connectivity index (χ1) is 7.76. The first-order valence-corrected chi connectivity index (χ1v) is 7.94. The van der Waals surface area contributed by atoms with Crippen LogP contribution >= 0.6 is 39.0 Å². The Kier molecular flexibility index (Phi) is 6.91. The SMILES string of the molecule is CN=C(NCCSC)NCc1ccc(Br)s1. The summed E-state index contributed by atoms with van der Waals surface area (Å²) in [5, 5.41) is 6.54. The van der Waals surface area contributed by atoms with Gasteiger partial charge in [-0.1, -0.05) is 0 Å². The van der Waals surface area contributed by atoms with E-state index in [4.69, 9.17) is 0 Å². The Morgan fingerprint density at radius 3 is 2.88 bits per heavy atom. The van der Waals surface area contributed by atoms with Crippen LogP contribution < -0.4 is 10.6 Å². The van der Waals surface area contributed by atoms with Gasteiger partial charge in [-0.25, -0.2) is 0 Å². The molecule has 0 aromatic carbocycles. The van der Waals surface area contributed by atoms with Crippen molar-refractivity contribution in [3.8, 4) is 0 Å². The van der Waals surface area contributed by atoms with Gasteiger partial charge in [-0.15, -0.1) is 11.3 Å². The molecule has 0 spiro atoms. The van der Waals surface area contributed by atoms with Gasteiger partial charge < -0.3 is 10.6 Å². The van der Waals surface area contributed by atoms with Crippen LogP contribution in [0.25, 0.3) is 0 Å². The summed E-state index contributed by atoms with van der Waals surface area (Å²) < 4.78 is 1.16. The van der Waals surface area contributed by atoms with Gasteiger partial charge in [0.25, 0.3) is 0 Å². The minimum absolute atomic E-state index is 0.815. The number of nitrogens with zero attached hydrogens (tertiary/aromatic N) is 1. The zero-order chi connectivity index (χ0) is 11.8. The van der Waals surface area contributed by atoms with Crippen molar-refractivity contribution in [3.63, 3.8) is 0 Å². The average molecular weight is 322 g/mol. The second-order valence-corrected chi connectivity index (χ2v) is 6.58. The van der Waals surface area contributed by atoms with E-state index in [0.717, 1.165) is 28.6 Å². The van der Waals surface area contributed by atoms with Crippen LogP contribution in [0.2, 0.25) is 0 Å². The predicted octanol–water partition coefficient (Wildman–Crippen LogP) is 2.54. The van der Waals surface area contributed by atoms with Crippen LogP contribution in [0.3, 0.4) is 0 Å². The molecule has 0 saturated carbocycles. The highest BCUT2D eigenvalue weighted by Crippen LogP contribution is 2.21. The summed E-state index contributed by atoms with van der Waals surface area (Å²) >= 11 is 7.01. The maximum absolute atomic E-state index is 4.16. The second-order valence-electron chi connectivity index (χ2n) is 3.05. The van der Waals surface area contributed by atoms with Crippen LogP contribution in [0.4, 0.5) is 0 Å². The highest BCUT2D eigenvalue weighted by atomic mass is 79.9. The van der Waals surface area contributed by atoms with Crippen LogP contribution in [-0.2, 0) is 6.54 Å². The summed E-state index contributed by atoms with van der Waals surface area (Å²) in [6, 6.07) is 4.17. The van der Waals surface area contributed by atoms with Gasteiger partial charge in [0.05, 0.1) is 10.3 Å². The third kappa shape index (κ3) is 5.23. The van der Waals surface area contributed by atoms with Crippen LogP contribution in [0.15, 0.2) is 20.9 Å². The largest absolute Gasteiger partial charge is 0.356 e. The van der Waals surface area contributed by atoms with Crippen molar-refractivity contribution in [2.45, 2.75) is 6.54 Å². The van der Waals surface area contributed by atoms with Crippen LogP contribution in [0.1, 0.15) is 4.88 Å². The van der Waals surface area contributed by atoms with Crippen molar-refractivity contribution in [1.82, 2.24) is 10.6 Å². The van der Waals surface area contributed by atoms with Crippen molar-refractivity contribution in [1.29, 1.82) is 0 Å². The van der Waals surface area contributed by atoms with Gasteiger partial charge in [0, 0.05) is 24.2 Å². The Morgan fingerprint density at radius 1 is 1.50 bits per heavy atom. The standard InChI is InChI=1S/C10H16BrN3S2/c1-12-10(13-5-6-15-2)14-7-8-3-4-9(11)16-8/h3-4H,5-7H2,1-2H3,(H2,12,13,14). The van der Waals surface area contributed by atoms with Gasteiger partial charge in [-0.2, -0.15) is 11.8 Å². The second kappa shape index (κ2) is 7.97.